The Morgan fingerprint density at radius 2 is 1.72 bits per heavy atom. The number of fused-ring (bicyclic) bond motifs is 2. The van der Waals surface area contributed by atoms with Crippen LogP contribution in [0.1, 0.15) is 105 Å². The lowest BCUT2D eigenvalue weighted by Gasteiger charge is -2.52. The van der Waals surface area contributed by atoms with E-state index in [1.165, 1.54) is 31.4 Å². The van der Waals surface area contributed by atoms with Gasteiger partial charge < -0.3 is 19.4 Å². The molecular weight excluding hydrogens is 689 g/mol. The van der Waals surface area contributed by atoms with E-state index in [1.54, 1.807) is 37.1 Å². The lowest BCUT2D eigenvalue weighted by molar-refractivity contribution is -0.129. The highest BCUT2D eigenvalue weighted by molar-refractivity contribution is 5.78. The molecule has 3 aliphatic heterocycles. The van der Waals surface area contributed by atoms with Crippen LogP contribution in [0, 0.1) is 12.3 Å². The van der Waals surface area contributed by atoms with Crippen molar-refractivity contribution in [3.05, 3.63) is 64.9 Å². The number of alkyl halides is 2. The molecule has 0 N–H and O–H groups in total. The second-order valence-electron chi connectivity index (χ2n) is 16.6. The number of rotatable bonds is 7. The molecule has 6 heterocycles. The van der Waals surface area contributed by atoms with Gasteiger partial charge in [0.05, 0.1) is 18.8 Å². The summed E-state index contributed by atoms with van der Waals surface area (Å²) in [7, 11) is 1.80. The molecule has 2 aliphatic carbocycles. The van der Waals surface area contributed by atoms with Gasteiger partial charge in [-0.1, -0.05) is 0 Å². The molecule has 0 atom stereocenters. The summed E-state index contributed by atoms with van der Waals surface area (Å²) >= 11 is 0. The lowest BCUT2D eigenvalue weighted by atomic mass is 9.58. The average molecular weight is 740 g/mol. The standard InChI is InChI=1S/C41H51F2N9O2/c1-26-21-44-40(45-22-26)54-32-19-41(20-32)11-6-30(7-12-41)49-14-8-31(9-15-49)52-36-10-16-50(27(2)53)25-35(36)39(47-52)51-13-4-5-28-17-33(29-23-46-48(3)24-29)34(38(42)43)18-37(28)51/h17-18,21-24,30-32,38H,4-16,19-20,25H2,1-3H3. The predicted octanol–water partition coefficient (Wildman–Crippen LogP) is 7.12. The third-order valence-corrected chi connectivity index (χ3v) is 13.1. The minimum absolute atomic E-state index is 0.00984. The first-order chi connectivity index (χ1) is 26.1. The number of ether oxygens (including phenoxy) is 1. The Bertz CT molecular complexity index is 2000. The Labute approximate surface area is 315 Å². The molecule has 5 aliphatic rings. The van der Waals surface area contributed by atoms with Crippen molar-refractivity contribution in [3.8, 4) is 17.1 Å². The summed E-state index contributed by atoms with van der Waals surface area (Å²) in [6.45, 7) is 7.56. The van der Waals surface area contributed by atoms with Crippen LogP contribution in [0.2, 0.25) is 0 Å². The summed E-state index contributed by atoms with van der Waals surface area (Å²) in [5, 5.41) is 9.62. The average Bonchev–Trinajstić information content (AvgIpc) is 3.78. The smallest absolute Gasteiger partial charge is 0.316 e. The van der Waals surface area contributed by atoms with Crippen molar-refractivity contribution in [1.29, 1.82) is 0 Å². The fourth-order valence-corrected chi connectivity index (χ4v) is 10.1. The van der Waals surface area contributed by atoms with Crippen molar-refractivity contribution in [2.45, 2.75) is 116 Å². The van der Waals surface area contributed by atoms with Gasteiger partial charge >= 0.3 is 6.01 Å². The number of hydrogen-bond acceptors (Lipinski definition) is 8. The Kier molecular flexibility index (Phi) is 9.18. The number of aromatic nitrogens is 6. The Morgan fingerprint density at radius 1 is 0.963 bits per heavy atom. The molecule has 0 bridgehead atoms. The van der Waals surface area contributed by atoms with Crippen LogP contribution in [0.25, 0.3) is 11.1 Å². The molecule has 13 heteroatoms. The molecule has 0 unspecified atom stereocenters. The van der Waals surface area contributed by atoms with E-state index >= 15 is 0 Å². The van der Waals surface area contributed by atoms with Gasteiger partial charge in [-0.2, -0.15) is 10.2 Å². The highest BCUT2D eigenvalue weighted by Gasteiger charge is 2.48. The molecule has 1 saturated heterocycles. The van der Waals surface area contributed by atoms with E-state index in [4.69, 9.17) is 9.84 Å². The monoisotopic (exact) mass is 739 g/mol. The maximum Gasteiger partial charge on any atom is 0.316 e. The SMILES string of the molecule is CC(=O)N1CCc2c(c(N3CCCc4cc(-c5cnn(C)c5)c(C(F)F)cc43)nn2C2CCN(C3CCC4(CC3)CC(Oc3ncc(C)cn3)C4)CC2)C1. The third-order valence-electron chi connectivity index (χ3n) is 13.1. The molecule has 2 saturated carbocycles. The zero-order valence-corrected chi connectivity index (χ0v) is 31.7. The summed E-state index contributed by atoms with van der Waals surface area (Å²) in [6.07, 6.45) is 16.3. The molecule has 3 fully saturated rings. The number of carbonyl (C=O) groups excluding carboxylic acids is 1. The van der Waals surface area contributed by atoms with Crippen LogP contribution in [0.4, 0.5) is 20.3 Å². The number of hydrogen-bond donors (Lipinski definition) is 0. The van der Waals surface area contributed by atoms with Gasteiger partial charge in [0.25, 0.3) is 6.43 Å². The maximum absolute atomic E-state index is 14.7. The minimum atomic E-state index is -2.63. The number of aryl methyl sites for hydroxylation is 3. The number of halogens is 2. The molecule has 4 aromatic rings. The summed E-state index contributed by atoms with van der Waals surface area (Å²) in [5.41, 5.74) is 6.80. The quantitative estimate of drug-likeness (QED) is 0.198. The van der Waals surface area contributed by atoms with Gasteiger partial charge in [-0.05, 0) is 105 Å². The van der Waals surface area contributed by atoms with Crippen LogP contribution in [-0.2, 0) is 31.2 Å². The number of carbonyl (C=O) groups is 1. The number of amides is 1. The van der Waals surface area contributed by atoms with Crippen LogP contribution in [0.5, 0.6) is 6.01 Å². The molecule has 1 aromatic carbocycles. The molecule has 54 heavy (non-hydrogen) atoms. The molecule has 286 valence electrons. The van der Waals surface area contributed by atoms with Gasteiger partial charge in [0, 0.05) is 99.3 Å². The van der Waals surface area contributed by atoms with Gasteiger partial charge in [0.15, 0.2) is 5.82 Å². The van der Waals surface area contributed by atoms with E-state index in [-0.39, 0.29) is 23.6 Å². The third kappa shape index (κ3) is 6.56. The number of nitrogens with zero attached hydrogens (tertiary/aromatic N) is 9. The van der Waals surface area contributed by atoms with Crippen LogP contribution in [-0.4, -0.2) is 83.6 Å². The molecule has 9 rings (SSSR count). The number of piperidine rings is 1. The van der Waals surface area contributed by atoms with Gasteiger partial charge in [-0.3, -0.25) is 14.2 Å². The van der Waals surface area contributed by atoms with E-state index in [0.29, 0.717) is 48.2 Å². The first-order valence-electron chi connectivity index (χ1n) is 19.9. The Hall–Kier alpha value is -4.39. The van der Waals surface area contributed by atoms with Crippen molar-refractivity contribution in [3.63, 3.8) is 0 Å². The summed E-state index contributed by atoms with van der Waals surface area (Å²) in [4.78, 5) is 28.1. The van der Waals surface area contributed by atoms with Crippen molar-refractivity contribution in [2.24, 2.45) is 12.5 Å². The Morgan fingerprint density at radius 3 is 2.41 bits per heavy atom. The van der Waals surface area contributed by atoms with Gasteiger partial charge in [-0.15, -0.1) is 0 Å². The highest BCUT2D eigenvalue weighted by Crippen LogP contribution is 2.53. The normalized spacial score (nSPS) is 24.8. The van der Waals surface area contributed by atoms with Crippen molar-refractivity contribution >= 4 is 17.4 Å². The molecule has 1 amide bonds. The summed E-state index contributed by atoms with van der Waals surface area (Å²) in [5.74, 6) is 0.871. The lowest BCUT2D eigenvalue weighted by Crippen LogP contribution is -2.50. The maximum atomic E-state index is 14.7. The molecule has 1 spiro atoms. The van der Waals surface area contributed by atoms with E-state index in [0.717, 1.165) is 86.2 Å². The first-order valence-corrected chi connectivity index (χ1v) is 19.9. The van der Waals surface area contributed by atoms with Crippen molar-refractivity contribution in [2.75, 3.05) is 31.1 Å². The molecule has 3 aromatic heterocycles. The van der Waals surface area contributed by atoms with Crippen molar-refractivity contribution in [1.82, 2.24) is 39.3 Å². The molecular formula is C41H51F2N9O2. The van der Waals surface area contributed by atoms with Gasteiger partial charge in [-0.25, -0.2) is 18.7 Å². The highest BCUT2D eigenvalue weighted by atomic mass is 19.3. The van der Waals surface area contributed by atoms with E-state index in [1.807, 2.05) is 30.3 Å². The van der Waals surface area contributed by atoms with Crippen LogP contribution < -0.4 is 9.64 Å². The Balaban J connectivity index is 0.906. The van der Waals surface area contributed by atoms with Crippen LogP contribution in [0.15, 0.2) is 36.9 Å². The van der Waals surface area contributed by atoms with Crippen LogP contribution >= 0.6 is 0 Å². The topological polar surface area (TPSA) is 97.4 Å². The van der Waals surface area contributed by atoms with Crippen LogP contribution in [0.3, 0.4) is 0 Å². The predicted molar refractivity (Wildman–Crippen MR) is 201 cm³/mol. The van der Waals surface area contributed by atoms with Gasteiger partial charge in [0.2, 0.25) is 5.91 Å². The fourth-order valence-electron chi connectivity index (χ4n) is 10.1. The second kappa shape index (κ2) is 14.0. The second-order valence-corrected chi connectivity index (χ2v) is 16.6. The zero-order valence-electron chi connectivity index (χ0n) is 31.7. The summed E-state index contributed by atoms with van der Waals surface area (Å²) in [6, 6.07) is 5.00. The number of benzene rings is 1. The van der Waals surface area contributed by atoms with E-state index < -0.39 is 6.43 Å². The zero-order chi connectivity index (χ0) is 37.1. The minimum Gasteiger partial charge on any atom is -0.460 e. The van der Waals surface area contributed by atoms with Gasteiger partial charge in [0.1, 0.15) is 6.10 Å². The fraction of sp³-hybridized carbons (Fsp3) is 0.585. The number of likely N-dealkylation sites (tertiary alicyclic amines) is 1. The van der Waals surface area contributed by atoms with E-state index in [9.17, 15) is 13.6 Å². The van der Waals surface area contributed by atoms with Crippen molar-refractivity contribution < 1.29 is 18.3 Å². The largest absolute Gasteiger partial charge is 0.460 e. The number of anilines is 2. The molecule has 0 radical (unpaired) electrons. The molecule has 11 nitrogen and oxygen atoms in total. The van der Waals surface area contributed by atoms with E-state index in [2.05, 4.69) is 29.5 Å². The summed E-state index contributed by atoms with van der Waals surface area (Å²) < 4.78 is 39.4. The first kappa shape index (κ1) is 35.3.